The number of hydrogen-bond donors (Lipinski definition) is 1. The van der Waals surface area contributed by atoms with Gasteiger partial charge in [-0.2, -0.15) is 0 Å². The summed E-state index contributed by atoms with van der Waals surface area (Å²) in [5, 5.41) is 3.09. The fraction of sp³-hybridized carbons (Fsp3) is 0.923. The summed E-state index contributed by atoms with van der Waals surface area (Å²) in [5.74, 6) is 0.777. The van der Waals surface area contributed by atoms with Gasteiger partial charge in [0.15, 0.2) is 0 Å². The van der Waals surface area contributed by atoms with E-state index in [1.807, 2.05) is 20.8 Å². The molecule has 2 amide bonds. The summed E-state index contributed by atoms with van der Waals surface area (Å²) in [4.78, 5) is 14.3. The number of amides is 2. The smallest absolute Gasteiger partial charge is 0.318 e. The monoisotopic (exact) mass is 224 g/mol. The van der Waals surface area contributed by atoms with Crippen LogP contribution in [0, 0.1) is 5.92 Å². The van der Waals surface area contributed by atoms with Crippen LogP contribution in [0.15, 0.2) is 0 Å². The number of piperidine rings is 1. The Kier molecular flexibility index (Phi) is 3.13. The highest BCUT2D eigenvalue weighted by Crippen LogP contribution is 2.36. The van der Waals surface area contributed by atoms with E-state index in [0.717, 1.165) is 12.5 Å². The molecule has 1 aliphatic heterocycles. The van der Waals surface area contributed by atoms with Crippen LogP contribution < -0.4 is 5.32 Å². The molecule has 1 saturated carbocycles. The Labute approximate surface area is 98.6 Å². The summed E-state index contributed by atoms with van der Waals surface area (Å²) in [5.41, 5.74) is -0.122. The first-order valence-electron chi connectivity index (χ1n) is 6.56. The fourth-order valence-electron chi connectivity index (χ4n) is 3.10. The van der Waals surface area contributed by atoms with Crippen molar-refractivity contribution >= 4 is 6.03 Å². The Hall–Kier alpha value is -0.730. The lowest BCUT2D eigenvalue weighted by Crippen LogP contribution is -2.54. The zero-order valence-corrected chi connectivity index (χ0v) is 10.8. The molecule has 1 aliphatic carbocycles. The third-order valence-corrected chi connectivity index (χ3v) is 3.74. The molecular formula is C13H24N2O. The lowest BCUT2D eigenvalue weighted by atomic mass is 9.92. The zero-order valence-electron chi connectivity index (χ0n) is 10.8. The predicted octanol–water partition coefficient (Wildman–Crippen LogP) is 2.76. The first-order valence-corrected chi connectivity index (χ1v) is 6.56. The molecule has 3 nitrogen and oxygen atoms in total. The third-order valence-electron chi connectivity index (χ3n) is 3.74. The molecule has 0 radical (unpaired) electrons. The minimum atomic E-state index is -0.122. The molecule has 2 atom stereocenters. The van der Waals surface area contributed by atoms with Gasteiger partial charge in [0.2, 0.25) is 0 Å². The summed E-state index contributed by atoms with van der Waals surface area (Å²) < 4.78 is 0. The van der Waals surface area contributed by atoms with Crippen molar-refractivity contribution in [3.8, 4) is 0 Å². The standard InChI is InChI=1S/C13H24N2O/c1-13(2,3)14-12(16)15-9-5-7-10-6-4-8-11(10)15/h10-11H,4-9H2,1-3H3,(H,14,16). The van der Waals surface area contributed by atoms with Crippen LogP contribution in [-0.2, 0) is 0 Å². The minimum Gasteiger partial charge on any atom is -0.333 e. The van der Waals surface area contributed by atoms with E-state index in [1.54, 1.807) is 0 Å². The Bertz CT molecular complexity index is 270. The number of fused-ring (bicyclic) bond motifs is 1. The number of carbonyl (C=O) groups excluding carboxylic acids is 1. The molecule has 2 rings (SSSR count). The average Bonchev–Trinajstić information content (AvgIpc) is 2.61. The highest BCUT2D eigenvalue weighted by molar-refractivity contribution is 5.75. The van der Waals surface area contributed by atoms with Gasteiger partial charge < -0.3 is 10.2 Å². The zero-order chi connectivity index (χ0) is 11.8. The van der Waals surface area contributed by atoms with Crippen molar-refractivity contribution < 1.29 is 4.79 Å². The molecule has 1 saturated heterocycles. The maximum absolute atomic E-state index is 12.2. The Balaban J connectivity index is 2.00. The van der Waals surface area contributed by atoms with Gasteiger partial charge in [0.25, 0.3) is 0 Å². The molecule has 0 bridgehead atoms. The van der Waals surface area contributed by atoms with Gasteiger partial charge in [-0.1, -0.05) is 6.42 Å². The van der Waals surface area contributed by atoms with Crippen molar-refractivity contribution in [1.82, 2.24) is 10.2 Å². The molecule has 92 valence electrons. The van der Waals surface area contributed by atoms with Crippen LogP contribution in [-0.4, -0.2) is 29.1 Å². The number of rotatable bonds is 0. The SMILES string of the molecule is CC(C)(C)NC(=O)N1CCCC2CCCC21. The van der Waals surface area contributed by atoms with Crippen LogP contribution in [0.25, 0.3) is 0 Å². The van der Waals surface area contributed by atoms with Crippen LogP contribution in [0.3, 0.4) is 0 Å². The molecular weight excluding hydrogens is 200 g/mol. The molecule has 16 heavy (non-hydrogen) atoms. The highest BCUT2D eigenvalue weighted by atomic mass is 16.2. The molecule has 2 aliphatic rings. The first-order chi connectivity index (χ1) is 7.47. The predicted molar refractivity (Wildman–Crippen MR) is 65.4 cm³/mol. The van der Waals surface area contributed by atoms with E-state index >= 15 is 0 Å². The van der Waals surface area contributed by atoms with Gasteiger partial charge >= 0.3 is 6.03 Å². The minimum absolute atomic E-state index is 0.122. The summed E-state index contributed by atoms with van der Waals surface area (Å²) in [7, 11) is 0. The lowest BCUT2D eigenvalue weighted by molar-refractivity contribution is 0.123. The summed E-state index contributed by atoms with van der Waals surface area (Å²) in [6.45, 7) is 7.08. The molecule has 0 aromatic rings. The van der Waals surface area contributed by atoms with Gasteiger partial charge in [-0.05, 0) is 52.4 Å². The highest BCUT2D eigenvalue weighted by Gasteiger charge is 2.37. The quantitative estimate of drug-likeness (QED) is 0.674. The molecule has 3 heteroatoms. The van der Waals surface area contributed by atoms with E-state index in [2.05, 4.69) is 10.2 Å². The normalized spacial score (nSPS) is 30.1. The van der Waals surface area contributed by atoms with Crippen LogP contribution >= 0.6 is 0 Å². The van der Waals surface area contributed by atoms with Gasteiger partial charge in [0, 0.05) is 18.1 Å². The van der Waals surface area contributed by atoms with Crippen molar-refractivity contribution in [2.24, 2.45) is 5.92 Å². The van der Waals surface area contributed by atoms with Crippen LogP contribution in [0.5, 0.6) is 0 Å². The second-order valence-electron chi connectivity index (χ2n) is 6.27. The Morgan fingerprint density at radius 1 is 1.19 bits per heavy atom. The van der Waals surface area contributed by atoms with Crippen molar-refractivity contribution in [2.45, 2.75) is 64.5 Å². The van der Waals surface area contributed by atoms with Gasteiger partial charge in [-0.3, -0.25) is 0 Å². The number of likely N-dealkylation sites (tertiary alicyclic amines) is 1. The molecule has 0 aromatic heterocycles. The average molecular weight is 224 g/mol. The molecule has 2 unspecified atom stereocenters. The second-order valence-corrected chi connectivity index (χ2v) is 6.27. The van der Waals surface area contributed by atoms with Crippen LogP contribution in [0.1, 0.15) is 52.9 Å². The van der Waals surface area contributed by atoms with Gasteiger partial charge in [-0.15, -0.1) is 0 Å². The molecule has 0 spiro atoms. The van der Waals surface area contributed by atoms with Crippen molar-refractivity contribution in [3.63, 3.8) is 0 Å². The van der Waals surface area contributed by atoms with E-state index in [-0.39, 0.29) is 11.6 Å². The topological polar surface area (TPSA) is 32.3 Å². The van der Waals surface area contributed by atoms with Gasteiger partial charge in [-0.25, -0.2) is 4.79 Å². The Morgan fingerprint density at radius 3 is 2.56 bits per heavy atom. The number of nitrogens with zero attached hydrogens (tertiary/aromatic N) is 1. The van der Waals surface area contributed by atoms with Crippen molar-refractivity contribution in [2.75, 3.05) is 6.54 Å². The van der Waals surface area contributed by atoms with E-state index in [9.17, 15) is 4.79 Å². The van der Waals surface area contributed by atoms with Gasteiger partial charge in [0.1, 0.15) is 0 Å². The lowest BCUT2D eigenvalue weighted by Gasteiger charge is -2.39. The van der Waals surface area contributed by atoms with E-state index in [0.29, 0.717) is 6.04 Å². The number of hydrogen-bond acceptors (Lipinski definition) is 1. The number of carbonyl (C=O) groups is 1. The molecule has 1 heterocycles. The largest absolute Gasteiger partial charge is 0.333 e. The number of nitrogens with one attached hydrogen (secondary N) is 1. The molecule has 2 fully saturated rings. The first kappa shape index (κ1) is 11.7. The summed E-state index contributed by atoms with van der Waals surface area (Å²) in [6.07, 6.45) is 6.34. The van der Waals surface area contributed by atoms with Gasteiger partial charge in [0.05, 0.1) is 0 Å². The maximum atomic E-state index is 12.2. The van der Waals surface area contributed by atoms with E-state index in [1.165, 1.54) is 32.1 Å². The summed E-state index contributed by atoms with van der Waals surface area (Å²) >= 11 is 0. The van der Waals surface area contributed by atoms with Crippen molar-refractivity contribution in [3.05, 3.63) is 0 Å². The number of urea groups is 1. The van der Waals surface area contributed by atoms with E-state index in [4.69, 9.17) is 0 Å². The molecule has 1 N–H and O–H groups in total. The second kappa shape index (κ2) is 4.27. The third kappa shape index (κ3) is 2.50. The summed E-state index contributed by atoms with van der Waals surface area (Å²) in [6, 6.07) is 0.667. The van der Waals surface area contributed by atoms with Crippen LogP contribution in [0.4, 0.5) is 4.79 Å². The van der Waals surface area contributed by atoms with Crippen LogP contribution in [0.2, 0.25) is 0 Å². The van der Waals surface area contributed by atoms with E-state index < -0.39 is 0 Å². The van der Waals surface area contributed by atoms with Crippen molar-refractivity contribution in [1.29, 1.82) is 0 Å². The Morgan fingerprint density at radius 2 is 1.88 bits per heavy atom. The fourth-order valence-corrected chi connectivity index (χ4v) is 3.10. The molecule has 0 aromatic carbocycles. The maximum Gasteiger partial charge on any atom is 0.318 e.